The number of benzene rings is 1. The van der Waals surface area contributed by atoms with Crippen LogP contribution in [0.4, 0.5) is 4.39 Å². The van der Waals surface area contributed by atoms with Gasteiger partial charge in [-0.1, -0.05) is 29.4 Å². The second-order valence-corrected chi connectivity index (χ2v) is 5.88. The maximum Gasteiger partial charge on any atom is 0.276 e. The fourth-order valence-electron chi connectivity index (χ4n) is 2.12. The zero-order chi connectivity index (χ0) is 13.9. The van der Waals surface area contributed by atoms with Gasteiger partial charge in [0.05, 0.1) is 6.04 Å². The summed E-state index contributed by atoms with van der Waals surface area (Å²) >= 11 is 7.26. The molecule has 2 aromatic rings. The highest BCUT2D eigenvalue weighted by Gasteiger charge is 2.22. The van der Waals surface area contributed by atoms with Crippen LogP contribution < -0.4 is 5.32 Å². The number of hydrogen-bond acceptors (Lipinski definition) is 5. The summed E-state index contributed by atoms with van der Waals surface area (Å²) in [6.07, 6.45) is 2.12. The quantitative estimate of drug-likeness (QED) is 0.874. The Morgan fingerprint density at radius 3 is 3.10 bits per heavy atom. The van der Waals surface area contributed by atoms with Gasteiger partial charge in [-0.15, -0.1) is 10.2 Å². The van der Waals surface area contributed by atoms with Crippen molar-refractivity contribution in [2.75, 3.05) is 6.54 Å². The molecule has 0 aliphatic carbocycles. The molecule has 0 amide bonds. The summed E-state index contributed by atoms with van der Waals surface area (Å²) in [6.45, 7) is 0.973. The number of nitrogens with zero attached hydrogens (tertiary/aromatic N) is 2. The molecule has 1 aromatic carbocycles. The summed E-state index contributed by atoms with van der Waals surface area (Å²) in [5, 5.41) is 12.1. The highest BCUT2D eigenvalue weighted by molar-refractivity contribution is 7.98. The van der Waals surface area contributed by atoms with Gasteiger partial charge in [-0.2, -0.15) is 0 Å². The number of nitrogens with one attached hydrogen (secondary N) is 1. The monoisotopic (exact) mass is 313 g/mol. The third kappa shape index (κ3) is 2.97. The maximum absolute atomic E-state index is 13.6. The van der Waals surface area contributed by atoms with Crippen LogP contribution in [0.2, 0.25) is 5.02 Å². The Morgan fingerprint density at radius 2 is 2.35 bits per heavy atom. The van der Waals surface area contributed by atoms with Gasteiger partial charge >= 0.3 is 0 Å². The van der Waals surface area contributed by atoms with Gasteiger partial charge in [0.1, 0.15) is 5.82 Å². The van der Waals surface area contributed by atoms with Gasteiger partial charge in [0.15, 0.2) is 0 Å². The van der Waals surface area contributed by atoms with Crippen LogP contribution in [0.15, 0.2) is 27.8 Å². The summed E-state index contributed by atoms with van der Waals surface area (Å²) < 4.78 is 19.2. The lowest BCUT2D eigenvalue weighted by molar-refractivity contribution is 0.374. The molecule has 4 nitrogen and oxygen atoms in total. The largest absolute Gasteiger partial charge is 0.414 e. The van der Waals surface area contributed by atoms with Crippen LogP contribution in [0.5, 0.6) is 0 Å². The van der Waals surface area contributed by atoms with Crippen molar-refractivity contribution in [3.05, 3.63) is 40.5 Å². The van der Waals surface area contributed by atoms with Crippen LogP contribution in [-0.4, -0.2) is 16.7 Å². The van der Waals surface area contributed by atoms with E-state index in [1.165, 1.54) is 17.8 Å². The first-order valence-electron chi connectivity index (χ1n) is 6.36. The first kappa shape index (κ1) is 13.9. The first-order valence-corrected chi connectivity index (χ1v) is 7.73. The van der Waals surface area contributed by atoms with Crippen LogP contribution in [-0.2, 0) is 5.75 Å². The number of halogens is 2. The lowest BCUT2D eigenvalue weighted by Crippen LogP contribution is -2.12. The molecule has 20 heavy (non-hydrogen) atoms. The van der Waals surface area contributed by atoms with Crippen LogP contribution in [0.25, 0.3) is 0 Å². The van der Waals surface area contributed by atoms with E-state index < -0.39 is 0 Å². The SMILES string of the molecule is Fc1cccc(Cl)c1CSc1nnc([C@H]2CCCN2)o1. The van der Waals surface area contributed by atoms with Gasteiger partial charge in [0.25, 0.3) is 5.22 Å². The lowest BCUT2D eigenvalue weighted by Gasteiger charge is -2.04. The molecule has 0 bridgehead atoms. The van der Waals surface area contributed by atoms with Crippen molar-refractivity contribution in [3.8, 4) is 0 Å². The molecule has 3 rings (SSSR count). The van der Waals surface area contributed by atoms with Gasteiger partial charge in [-0.05, 0) is 31.5 Å². The van der Waals surface area contributed by atoms with E-state index in [1.54, 1.807) is 12.1 Å². The molecule has 1 aromatic heterocycles. The molecule has 2 heterocycles. The third-order valence-corrected chi connectivity index (χ3v) is 4.38. The zero-order valence-electron chi connectivity index (χ0n) is 10.6. The summed E-state index contributed by atoms with van der Waals surface area (Å²) in [6, 6.07) is 4.79. The standard InChI is InChI=1S/C13H13ClFN3OS/c14-9-3-1-4-10(15)8(9)7-20-13-18-17-12(19-13)11-5-2-6-16-11/h1,3-4,11,16H,2,5-7H2/t11-/m1/s1. The Balaban J connectivity index is 1.66. The molecular formula is C13H13ClFN3OS. The van der Waals surface area contributed by atoms with Gasteiger partial charge in [-0.3, -0.25) is 0 Å². The molecule has 0 unspecified atom stereocenters. The zero-order valence-corrected chi connectivity index (χ0v) is 12.2. The average molecular weight is 314 g/mol. The molecule has 0 saturated carbocycles. The summed E-state index contributed by atoms with van der Waals surface area (Å²) in [5.74, 6) is 0.650. The van der Waals surface area contributed by atoms with E-state index in [4.69, 9.17) is 16.0 Å². The van der Waals surface area contributed by atoms with Crippen LogP contribution in [0, 0.1) is 5.82 Å². The molecule has 0 radical (unpaired) electrons. The van der Waals surface area contributed by atoms with E-state index in [1.807, 2.05) is 0 Å². The Hall–Kier alpha value is -1.11. The highest BCUT2D eigenvalue weighted by Crippen LogP contribution is 2.29. The molecule has 1 fully saturated rings. The van der Waals surface area contributed by atoms with Crippen molar-refractivity contribution in [2.24, 2.45) is 0 Å². The van der Waals surface area contributed by atoms with Gasteiger partial charge < -0.3 is 9.73 Å². The molecule has 106 valence electrons. The Labute approximate surface area is 125 Å². The van der Waals surface area contributed by atoms with Crippen molar-refractivity contribution >= 4 is 23.4 Å². The minimum atomic E-state index is -0.317. The average Bonchev–Trinajstić information content (AvgIpc) is 3.09. The Morgan fingerprint density at radius 1 is 1.45 bits per heavy atom. The van der Waals surface area contributed by atoms with Crippen molar-refractivity contribution in [1.29, 1.82) is 0 Å². The molecule has 7 heteroatoms. The van der Waals surface area contributed by atoms with Crippen molar-refractivity contribution in [1.82, 2.24) is 15.5 Å². The number of rotatable bonds is 4. The Kier molecular flexibility index (Phi) is 4.24. The number of hydrogen-bond donors (Lipinski definition) is 1. The fraction of sp³-hybridized carbons (Fsp3) is 0.385. The third-order valence-electron chi connectivity index (χ3n) is 3.18. The van der Waals surface area contributed by atoms with Crippen LogP contribution in [0.1, 0.15) is 30.3 Å². The minimum Gasteiger partial charge on any atom is -0.414 e. The molecule has 1 aliphatic rings. The smallest absolute Gasteiger partial charge is 0.276 e. The second-order valence-electron chi connectivity index (χ2n) is 4.54. The van der Waals surface area contributed by atoms with Crippen LogP contribution in [0.3, 0.4) is 0 Å². The van der Waals surface area contributed by atoms with E-state index in [0.29, 0.717) is 27.5 Å². The molecule has 1 atom stereocenters. The summed E-state index contributed by atoms with van der Waals surface area (Å²) in [5.41, 5.74) is 0.456. The maximum atomic E-state index is 13.6. The molecule has 0 spiro atoms. The fourth-order valence-corrected chi connectivity index (χ4v) is 3.23. The minimum absolute atomic E-state index is 0.147. The predicted molar refractivity (Wildman–Crippen MR) is 75.2 cm³/mol. The number of aromatic nitrogens is 2. The first-order chi connectivity index (χ1) is 9.74. The number of thioether (sulfide) groups is 1. The molecule has 1 N–H and O–H groups in total. The molecular weight excluding hydrogens is 301 g/mol. The summed E-state index contributed by atoms with van der Waals surface area (Å²) in [4.78, 5) is 0. The van der Waals surface area contributed by atoms with Crippen molar-refractivity contribution < 1.29 is 8.81 Å². The van der Waals surface area contributed by atoms with Crippen molar-refractivity contribution in [2.45, 2.75) is 29.9 Å². The predicted octanol–water partition coefficient (Wildman–Crippen LogP) is 3.58. The van der Waals surface area contributed by atoms with E-state index >= 15 is 0 Å². The van der Waals surface area contributed by atoms with E-state index in [0.717, 1.165) is 19.4 Å². The molecule has 1 saturated heterocycles. The highest BCUT2D eigenvalue weighted by atomic mass is 35.5. The second kappa shape index (κ2) is 6.11. The van der Waals surface area contributed by atoms with E-state index in [2.05, 4.69) is 15.5 Å². The van der Waals surface area contributed by atoms with Gasteiger partial charge in [-0.25, -0.2) is 4.39 Å². The van der Waals surface area contributed by atoms with Gasteiger partial charge in [0, 0.05) is 16.3 Å². The molecule has 1 aliphatic heterocycles. The Bertz CT molecular complexity index is 581. The normalized spacial score (nSPS) is 18.6. The van der Waals surface area contributed by atoms with E-state index in [9.17, 15) is 4.39 Å². The van der Waals surface area contributed by atoms with Gasteiger partial charge in [0.2, 0.25) is 5.89 Å². The van der Waals surface area contributed by atoms with E-state index in [-0.39, 0.29) is 11.9 Å². The lowest BCUT2D eigenvalue weighted by atomic mass is 10.2. The van der Waals surface area contributed by atoms with Crippen molar-refractivity contribution in [3.63, 3.8) is 0 Å². The topological polar surface area (TPSA) is 51.0 Å². The summed E-state index contributed by atoms with van der Waals surface area (Å²) in [7, 11) is 0. The van der Waals surface area contributed by atoms with Crippen LogP contribution >= 0.6 is 23.4 Å².